The molecule has 1 aromatic heterocycles. The number of aliphatic hydroxyl groups is 1. The normalized spacial score (nSPS) is 12.7. The van der Waals surface area contributed by atoms with E-state index in [1.165, 1.54) is 0 Å². The lowest BCUT2D eigenvalue weighted by Crippen LogP contribution is -2.01. The van der Waals surface area contributed by atoms with Gasteiger partial charge in [0.05, 0.1) is 12.7 Å². The minimum Gasteiger partial charge on any atom is -0.454 e. The molecule has 0 saturated heterocycles. The number of hydrogen-bond acceptors (Lipinski definition) is 6. The van der Waals surface area contributed by atoms with E-state index in [4.69, 9.17) is 14.6 Å². The lowest BCUT2D eigenvalue weighted by Gasteiger charge is -2.04. The molecule has 1 aromatic carbocycles. The number of benzene rings is 1. The first kappa shape index (κ1) is 12.7. The van der Waals surface area contributed by atoms with Gasteiger partial charge in [0.25, 0.3) is 0 Å². The van der Waals surface area contributed by atoms with E-state index in [-0.39, 0.29) is 13.4 Å². The molecule has 2 aromatic rings. The van der Waals surface area contributed by atoms with E-state index in [9.17, 15) is 0 Å². The third-order valence-electron chi connectivity index (χ3n) is 2.98. The lowest BCUT2D eigenvalue weighted by atomic mass is 10.2. The molecular formula is C13H16N4O3. The highest BCUT2D eigenvalue weighted by Gasteiger charge is 2.13. The third kappa shape index (κ3) is 2.83. The zero-order valence-electron chi connectivity index (χ0n) is 11.0. The first-order valence-corrected chi connectivity index (χ1v) is 6.48. The zero-order valence-corrected chi connectivity index (χ0v) is 11.0. The molecule has 3 rings (SSSR count). The summed E-state index contributed by atoms with van der Waals surface area (Å²) in [5, 5.41) is 20.1. The summed E-state index contributed by atoms with van der Waals surface area (Å²) in [6, 6.07) is 5.71. The third-order valence-corrected chi connectivity index (χ3v) is 2.98. The predicted molar refractivity (Wildman–Crippen MR) is 71.6 cm³/mol. The Morgan fingerprint density at radius 1 is 1.30 bits per heavy atom. The van der Waals surface area contributed by atoms with Gasteiger partial charge in [-0.15, -0.1) is 5.10 Å². The molecule has 106 valence electrons. The smallest absolute Gasteiger partial charge is 0.231 e. The van der Waals surface area contributed by atoms with E-state index in [2.05, 4.69) is 15.6 Å². The van der Waals surface area contributed by atoms with Crippen LogP contribution in [0.25, 0.3) is 0 Å². The first-order chi connectivity index (χ1) is 9.85. The number of aliphatic hydroxyl groups excluding tert-OH is 1. The number of aromatic nitrogens is 3. The van der Waals surface area contributed by atoms with Crippen LogP contribution in [0.2, 0.25) is 0 Å². The van der Waals surface area contributed by atoms with Crippen molar-refractivity contribution < 1.29 is 14.6 Å². The highest BCUT2D eigenvalue weighted by molar-refractivity contribution is 5.55. The van der Waals surface area contributed by atoms with Crippen LogP contribution >= 0.6 is 0 Å². The van der Waals surface area contributed by atoms with Gasteiger partial charge >= 0.3 is 0 Å². The molecule has 0 atom stereocenters. The van der Waals surface area contributed by atoms with Crippen LogP contribution in [-0.4, -0.2) is 33.5 Å². The lowest BCUT2D eigenvalue weighted by molar-refractivity contribution is 0.174. The summed E-state index contributed by atoms with van der Waals surface area (Å²) in [5.74, 6) is 1.52. The van der Waals surface area contributed by atoms with Crippen LogP contribution < -0.4 is 14.8 Å². The second-order valence-corrected chi connectivity index (χ2v) is 4.47. The molecule has 7 heteroatoms. The Kier molecular flexibility index (Phi) is 3.69. The molecule has 1 aliphatic heterocycles. The van der Waals surface area contributed by atoms with E-state index in [0.29, 0.717) is 19.5 Å². The summed E-state index contributed by atoms with van der Waals surface area (Å²) >= 11 is 0. The van der Waals surface area contributed by atoms with E-state index in [1.807, 2.05) is 24.4 Å². The Bertz CT molecular complexity index is 585. The monoisotopic (exact) mass is 276 g/mol. The molecule has 0 saturated carbocycles. The van der Waals surface area contributed by atoms with Crippen LogP contribution in [-0.2, 0) is 13.1 Å². The summed E-state index contributed by atoms with van der Waals surface area (Å²) in [6.07, 6.45) is 2.55. The number of rotatable bonds is 6. The van der Waals surface area contributed by atoms with E-state index in [0.717, 1.165) is 22.9 Å². The summed E-state index contributed by atoms with van der Waals surface area (Å²) in [6.45, 7) is 1.69. The summed E-state index contributed by atoms with van der Waals surface area (Å²) in [4.78, 5) is 0. The number of ether oxygens (including phenoxy) is 2. The van der Waals surface area contributed by atoms with Gasteiger partial charge in [0.15, 0.2) is 11.5 Å². The van der Waals surface area contributed by atoms with Crippen LogP contribution in [0.15, 0.2) is 24.4 Å². The largest absolute Gasteiger partial charge is 0.454 e. The van der Waals surface area contributed by atoms with Gasteiger partial charge in [0, 0.05) is 24.9 Å². The maximum atomic E-state index is 8.77. The molecule has 0 amide bonds. The Hall–Kier alpha value is -2.28. The quantitative estimate of drug-likeness (QED) is 0.819. The molecule has 0 unspecified atom stereocenters. The summed E-state index contributed by atoms with van der Waals surface area (Å²) in [7, 11) is 0. The van der Waals surface area contributed by atoms with Crippen molar-refractivity contribution >= 4 is 5.69 Å². The van der Waals surface area contributed by atoms with Gasteiger partial charge in [0.1, 0.15) is 5.69 Å². The van der Waals surface area contributed by atoms with Crippen LogP contribution in [0.1, 0.15) is 12.1 Å². The molecular weight excluding hydrogens is 260 g/mol. The van der Waals surface area contributed by atoms with Crippen molar-refractivity contribution in [3.63, 3.8) is 0 Å². The van der Waals surface area contributed by atoms with Crippen LogP contribution in [0.4, 0.5) is 5.69 Å². The van der Waals surface area contributed by atoms with Crippen molar-refractivity contribution in [2.45, 2.75) is 19.5 Å². The minimum absolute atomic E-state index is 0.157. The second kappa shape index (κ2) is 5.79. The Balaban J connectivity index is 1.57. The maximum Gasteiger partial charge on any atom is 0.231 e. The van der Waals surface area contributed by atoms with Gasteiger partial charge in [-0.3, -0.25) is 4.68 Å². The number of nitrogens with zero attached hydrogens (tertiary/aromatic N) is 3. The highest BCUT2D eigenvalue weighted by atomic mass is 16.7. The Morgan fingerprint density at radius 2 is 2.20 bits per heavy atom. The molecule has 7 nitrogen and oxygen atoms in total. The Morgan fingerprint density at radius 3 is 3.10 bits per heavy atom. The highest BCUT2D eigenvalue weighted by Crippen LogP contribution is 2.34. The minimum atomic E-state index is 0.157. The number of fused-ring (bicyclic) bond motifs is 1. The molecule has 0 aliphatic carbocycles. The van der Waals surface area contributed by atoms with Crippen molar-refractivity contribution in [1.29, 1.82) is 0 Å². The molecule has 1 aliphatic rings. The molecule has 20 heavy (non-hydrogen) atoms. The van der Waals surface area contributed by atoms with Crippen LogP contribution in [0.5, 0.6) is 11.5 Å². The average molecular weight is 276 g/mol. The molecule has 2 heterocycles. The Labute approximate surface area is 116 Å². The van der Waals surface area contributed by atoms with Gasteiger partial charge < -0.3 is 19.9 Å². The fraction of sp³-hybridized carbons (Fsp3) is 0.385. The van der Waals surface area contributed by atoms with E-state index in [1.54, 1.807) is 4.68 Å². The zero-order chi connectivity index (χ0) is 13.8. The van der Waals surface area contributed by atoms with Gasteiger partial charge in [0.2, 0.25) is 6.79 Å². The van der Waals surface area contributed by atoms with Gasteiger partial charge in [-0.2, -0.15) is 0 Å². The average Bonchev–Trinajstić information content (AvgIpc) is 3.11. The van der Waals surface area contributed by atoms with Crippen molar-refractivity contribution in [1.82, 2.24) is 15.0 Å². The van der Waals surface area contributed by atoms with Crippen molar-refractivity contribution in [3.05, 3.63) is 30.1 Å². The number of hydrogen-bond donors (Lipinski definition) is 2. The van der Waals surface area contributed by atoms with Gasteiger partial charge in [-0.05, 0) is 18.6 Å². The summed E-state index contributed by atoms with van der Waals surface area (Å²) < 4.78 is 12.3. The van der Waals surface area contributed by atoms with Crippen LogP contribution in [0.3, 0.4) is 0 Å². The number of nitrogens with one attached hydrogen (secondary N) is 1. The molecule has 2 N–H and O–H groups in total. The fourth-order valence-corrected chi connectivity index (χ4v) is 1.96. The molecule has 0 radical (unpaired) electrons. The SMILES string of the molecule is OCCCn1cc(CNc2ccc3c(c2)OCO3)nn1. The second-order valence-electron chi connectivity index (χ2n) is 4.47. The first-order valence-electron chi connectivity index (χ1n) is 6.48. The molecule has 0 spiro atoms. The number of aryl methyl sites for hydroxylation is 1. The van der Waals surface area contributed by atoms with Crippen molar-refractivity contribution in [2.24, 2.45) is 0 Å². The number of anilines is 1. The van der Waals surface area contributed by atoms with E-state index < -0.39 is 0 Å². The maximum absolute atomic E-state index is 8.77. The molecule has 0 bridgehead atoms. The molecule has 0 fully saturated rings. The van der Waals surface area contributed by atoms with Crippen molar-refractivity contribution in [3.8, 4) is 11.5 Å². The standard InChI is InChI=1S/C13H16N4O3/c18-5-1-4-17-8-11(15-16-17)7-14-10-2-3-12-13(6-10)20-9-19-12/h2-3,6,8,14,18H,1,4-5,7,9H2. The topological polar surface area (TPSA) is 81.4 Å². The summed E-state index contributed by atoms with van der Waals surface area (Å²) in [5.41, 5.74) is 1.79. The van der Waals surface area contributed by atoms with Gasteiger partial charge in [-0.25, -0.2) is 0 Å². The van der Waals surface area contributed by atoms with Gasteiger partial charge in [-0.1, -0.05) is 5.21 Å². The van der Waals surface area contributed by atoms with E-state index >= 15 is 0 Å². The predicted octanol–water partition coefficient (Wildman–Crippen LogP) is 1.00. The van der Waals surface area contributed by atoms with Crippen LogP contribution in [0, 0.1) is 0 Å². The van der Waals surface area contributed by atoms with Crippen molar-refractivity contribution in [2.75, 3.05) is 18.7 Å². The fourth-order valence-electron chi connectivity index (χ4n) is 1.96.